The molecule has 1 aromatic rings. The highest BCUT2D eigenvalue weighted by atomic mass is 127. The van der Waals surface area contributed by atoms with Gasteiger partial charge in [-0.05, 0) is 34.7 Å². The Hall–Kier alpha value is -1.29. The van der Waals surface area contributed by atoms with Crippen molar-refractivity contribution in [2.24, 2.45) is 0 Å². The van der Waals surface area contributed by atoms with Crippen LogP contribution in [0.15, 0.2) is 12.1 Å². The zero-order chi connectivity index (χ0) is 11.4. The zero-order valence-electron chi connectivity index (χ0n) is 8.20. The van der Waals surface area contributed by atoms with Crippen LogP contribution in [0.25, 0.3) is 0 Å². The Bertz CT molecular complexity index is 437. The molecule has 0 heterocycles. The van der Waals surface area contributed by atoms with E-state index >= 15 is 0 Å². The van der Waals surface area contributed by atoms with Crippen LogP contribution >= 0.6 is 22.6 Å². The number of hydrogen-bond acceptors (Lipinski definition) is 4. The number of benzene rings is 1. The molecular weight excluding hydrogens is 309 g/mol. The van der Waals surface area contributed by atoms with Crippen LogP contribution in [0.5, 0.6) is 5.75 Å². The summed E-state index contributed by atoms with van der Waals surface area (Å²) in [6.07, 6.45) is 0. The molecule has 4 nitrogen and oxygen atoms in total. The molecule has 0 aliphatic carbocycles. The van der Waals surface area contributed by atoms with Gasteiger partial charge in [0.2, 0.25) is 0 Å². The third kappa shape index (κ3) is 2.21. The molecule has 15 heavy (non-hydrogen) atoms. The average Bonchev–Trinajstić information content (AvgIpc) is 2.27. The summed E-state index contributed by atoms with van der Waals surface area (Å²) >= 11 is 1.93. The molecular formula is C10H8INO3. The van der Waals surface area contributed by atoms with E-state index in [4.69, 9.17) is 10.00 Å². The first-order valence-corrected chi connectivity index (χ1v) is 5.08. The Balaban J connectivity index is 3.44. The van der Waals surface area contributed by atoms with E-state index in [9.17, 15) is 4.79 Å². The van der Waals surface area contributed by atoms with E-state index in [2.05, 4.69) is 4.74 Å². The van der Waals surface area contributed by atoms with Gasteiger partial charge in [0, 0.05) is 3.57 Å². The van der Waals surface area contributed by atoms with E-state index in [0.29, 0.717) is 20.4 Å². The molecule has 0 radical (unpaired) electrons. The zero-order valence-corrected chi connectivity index (χ0v) is 10.4. The summed E-state index contributed by atoms with van der Waals surface area (Å²) in [5.41, 5.74) is 0.719. The molecule has 0 spiro atoms. The molecule has 0 N–H and O–H groups in total. The van der Waals surface area contributed by atoms with E-state index in [-0.39, 0.29) is 0 Å². The van der Waals surface area contributed by atoms with E-state index in [0.717, 1.165) is 0 Å². The molecule has 0 unspecified atom stereocenters. The molecule has 0 aromatic heterocycles. The van der Waals surface area contributed by atoms with E-state index in [1.807, 2.05) is 28.7 Å². The SMILES string of the molecule is COC(=O)c1c(OC)ccc(C#N)c1I. The quantitative estimate of drug-likeness (QED) is 0.618. The number of nitrogens with zero attached hydrogens (tertiary/aromatic N) is 1. The Morgan fingerprint density at radius 1 is 1.47 bits per heavy atom. The summed E-state index contributed by atoms with van der Waals surface area (Å²) in [7, 11) is 2.75. The first-order valence-electron chi connectivity index (χ1n) is 4.00. The Kier molecular flexibility index (Phi) is 3.91. The van der Waals surface area contributed by atoms with Gasteiger partial charge in [0.1, 0.15) is 17.4 Å². The fourth-order valence-electron chi connectivity index (χ4n) is 1.11. The summed E-state index contributed by atoms with van der Waals surface area (Å²) in [6, 6.07) is 5.18. The molecule has 1 rings (SSSR count). The Morgan fingerprint density at radius 3 is 2.60 bits per heavy atom. The van der Waals surface area contributed by atoms with Gasteiger partial charge in [-0.3, -0.25) is 0 Å². The fourth-order valence-corrected chi connectivity index (χ4v) is 1.89. The molecule has 0 bridgehead atoms. The van der Waals surface area contributed by atoms with Crippen LogP contribution in [-0.2, 0) is 4.74 Å². The highest BCUT2D eigenvalue weighted by Gasteiger charge is 2.19. The molecule has 0 fully saturated rings. The van der Waals surface area contributed by atoms with Crippen LogP contribution in [0.4, 0.5) is 0 Å². The van der Waals surface area contributed by atoms with Crippen molar-refractivity contribution in [2.45, 2.75) is 0 Å². The smallest absolute Gasteiger partial charge is 0.342 e. The highest BCUT2D eigenvalue weighted by molar-refractivity contribution is 14.1. The largest absolute Gasteiger partial charge is 0.496 e. The number of hydrogen-bond donors (Lipinski definition) is 0. The van der Waals surface area contributed by atoms with Crippen molar-refractivity contribution in [3.63, 3.8) is 0 Å². The van der Waals surface area contributed by atoms with Gasteiger partial charge in [0.25, 0.3) is 0 Å². The lowest BCUT2D eigenvalue weighted by molar-refractivity contribution is 0.0596. The number of methoxy groups -OCH3 is 2. The average molecular weight is 317 g/mol. The first-order chi connectivity index (χ1) is 7.15. The van der Waals surface area contributed by atoms with E-state index in [1.54, 1.807) is 12.1 Å². The fraction of sp³-hybridized carbons (Fsp3) is 0.200. The maximum atomic E-state index is 11.5. The molecule has 0 atom stereocenters. The molecule has 78 valence electrons. The molecule has 5 heteroatoms. The van der Waals surface area contributed by atoms with E-state index < -0.39 is 5.97 Å². The van der Waals surface area contributed by atoms with Crippen molar-refractivity contribution >= 4 is 28.6 Å². The minimum Gasteiger partial charge on any atom is -0.496 e. The van der Waals surface area contributed by atoms with E-state index in [1.165, 1.54) is 14.2 Å². The number of halogens is 1. The lowest BCUT2D eigenvalue weighted by Crippen LogP contribution is -2.07. The number of esters is 1. The highest BCUT2D eigenvalue weighted by Crippen LogP contribution is 2.27. The number of ether oxygens (including phenoxy) is 2. The summed E-state index contributed by atoms with van der Waals surface area (Å²) < 4.78 is 10.2. The van der Waals surface area contributed by atoms with Crippen LogP contribution in [0.1, 0.15) is 15.9 Å². The van der Waals surface area contributed by atoms with Crippen LogP contribution in [-0.4, -0.2) is 20.2 Å². The maximum Gasteiger partial charge on any atom is 0.342 e. The summed E-state index contributed by atoms with van der Waals surface area (Å²) in [5.74, 6) is -0.0985. The lowest BCUT2D eigenvalue weighted by atomic mass is 10.1. The summed E-state index contributed by atoms with van der Waals surface area (Å²) in [5, 5.41) is 8.81. The molecule has 0 saturated carbocycles. The maximum absolute atomic E-state index is 11.5. The normalized spacial score (nSPS) is 9.20. The van der Waals surface area contributed by atoms with Crippen molar-refractivity contribution in [3.05, 3.63) is 26.8 Å². The standard InChI is InChI=1S/C10H8INO3/c1-14-7-4-3-6(5-12)9(11)8(7)10(13)15-2/h3-4H,1-2H3. The van der Waals surface area contributed by atoms with Gasteiger partial charge in [-0.1, -0.05) is 0 Å². The summed E-state index contributed by atoms with van der Waals surface area (Å²) in [6.45, 7) is 0. The number of rotatable bonds is 2. The third-order valence-corrected chi connectivity index (χ3v) is 2.95. The molecule has 0 aliphatic rings. The Morgan fingerprint density at radius 2 is 2.13 bits per heavy atom. The van der Waals surface area contributed by atoms with Gasteiger partial charge >= 0.3 is 5.97 Å². The molecule has 0 saturated heterocycles. The first kappa shape index (κ1) is 11.8. The summed E-state index contributed by atoms with van der Waals surface area (Å²) in [4.78, 5) is 11.5. The second kappa shape index (κ2) is 4.98. The molecule has 1 aromatic carbocycles. The van der Waals surface area contributed by atoms with Gasteiger partial charge in [-0.2, -0.15) is 5.26 Å². The number of carbonyl (C=O) groups is 1. The van der Waals surface area contributed by atoms with Crippen LogP contribution in [0, 0.1) is 14.9 Å². The van der Waals surface area contributed by atoms with Crippen LogP contribution < -0.4 is 4.74 Å². The third-order valence-electron chi connectivity index (χ3n) is 1.83. The monoisotopic (exact) mass is 317 g/mol. The van der Waals surface area contributed by atoms with Crippen molar-refractivity contribution in [1.29, 1.82) is 5.26 Å². The molecule has 0 amide bonds. The van der Waals surface area contributed by atoms with Crippen molar-refractivity contribution in [3.8, 4) is 11.8 Å². The van der Waals surface area contributed by atoms with Gasteiger partial charge in [-0.25, -0.2) is 4.79 Å². The van der Waals surface area contributed by atoms with Crippen molar-refractivity contribution in [2.75, 3.05) is 14.2 Å². The second-order valence-electron chi connectivity index (χ2n) is 2.61. The minimum absolute atomic E-state index is 0.291. The topological polar surface area (TPSA) is 59.3 Å². The van der Waals surface area contributed by atoms with Gasteiger partial charge in [-0.15, -0.1) is 0 Å². The van der Waals surface area contributed by atoms with Crippen molar-refractivity contribution in [1.82, 2.24) is 0 Å². The molecule has 0 aliphatic heterocycles. The van der Waals surface area contributed by atoms with Crippen LogP contribution in [0.3, 0.4) is 0 Å². The second-order valence-corrected chi connectivity index (χ2v) is 3.69. The predicted molar refractivity (Wildman–Crippen MR) is 61.8 cm³/mol. The van der Waals surface area contributed by atoms with Crippen molar-refractivity contribution < 1.29 is 14.3 Å². The Labute approximate surface area is 101 Å². The van der Waals surface area contributed by atoms with Gasteiger partial charge < -0.3 is 9.47 Å². The number of carbonyl (C=O) groups excluding carboxylic acids is 1. The minimum atomic E-state index is -0.506. The number of nitriles is 1. The lowest BCUT2D eigenvalue weighted by Gasteiger charge is -2.09. The van der Waals surface area contributed by atoms with Crippen LogP contribution in [0.2, 0.25) is 0 Å². The van der Waals surface area contributed by atoms with Gasteiger partial charge in [0.05, 0.1) is 19.8 Å². The predicted octanol–water partition coefficient (Wildman–Crippen LogP) is 1.96. The van der Waals surface area contributed by atoms with Gasteiger partial charge in [0.15, 0.2) is 0 Å².